The molecule has 0 bridgehead atoms. The summed E-state index contributed by atoms with van der Waals surface area (Å²) in [6.07, 6.45) is 8.18. The third-order valence-electron chi connectivity index (χ3n) is 2.96. The molecule has 0 aliphatic carbocycles. The molecule has 2 nitrogen and oxygen atoms in total. The van der Waals surface area contributed by atoms with Gasteiger partial charge in [0.25, 0.3) is 0 Å². The first-order chi connectivity index (χ1) is 8.95. The SMILES string of the molecule is C1=CCN(c2ccccc2)C(c2ccccn2)=C1. The molecule has 0 fully saturated rings. The summed E-state index contributed by atoms with van der Waals surface area (Å²) in [6, 6.07) is 16.4. The van der Waals surface area contributed by atoms with Gasteiger partial charge in [-0.1, -0.05) is 36.4 Å². The summed E-state index contributed by atoms with van der Waals surface area (Å²) in [7, 11) is 0. The van der Waals surface area contributed by atoms with Crippen molar-refractivity contribution in [3.63, 3.8) is 0 Å². The van der Waals surface area contributed by atoms with E-state index in [-0.39, 0.29) is 0 Å². The Morgan fingerprint density at radius 3 is 2.56 bits per heavy atom. The van der Waals surface area contributed by atoms with Gasteiger partial charge in [0.05, 0.1) is 11.4 Å². The van der Waals surface area contributed by atoms with Crippen LogP contribution in [0, 0.1) is 0 Å². The third-order valence-corrected chi connectivity index (χ3v) is 2.96. The second kappa shape index (κ2) is 4.88. The van der Waals surface area contributed by atoms with Gasteiger partial charge in [-0.15, -0.1) is 0 Å². The zero-order valence-corrected chi connectivity index (χ0v) is 10.0. The van der Waals surface area contributed by atoms with Crippen molar-refractivity contribution in [1.29, 1.82) is 0 Å². The van der Waals surface area contributed by atoms with E-state index in [1.54, 1.807) is 0 Å². The van der Waals surface area contributed by atoms with Gasteiger partial charge in [-0.2, -0.15) is 0 Å². The van der Waals surface area contributed by atoms with Crippen LogP contribution in [0.2, 0.25) is 0 Å². The van der Waals surface area contributed by atoms with Crippen LogP contribution in [0.25, 0.3) is 5.70 Å². The Kier molecular flexibility index (Phi) is 2.92. The molecule has 18 heavy (non-hydrogen) atoms. The molecule has 0 saturated heterocycles. The summed E-state index contributed by atoms with van der Waals surface area (Å²) in [6.45, 7) is 0.881. The van der Waals surface area contributed by atoms with Crippen molar-refractivity contribution in [2.45, 2.75) is 0 Å². The molecule has 0 unspecified atom stereocenters. The third kappa shape index (κ3) is 2.05. The minimum Gasteiger partial charge on any atom is -0.336 e. The standard InChI is InChI=1S/C16H14N2/c1-2-8-14(9-3-1)18-13-7-5-11-16(18)15-10-4-6-12-17-15/h1-12H,13H2. The van der Waals surface area contributed by atoms with Crippen molar-refractivity contribution in [2.75, 3.05) is 11.4 Å². The number of rotatable bonds is 2. The average Bonchev–Trinajstić information content (AvgIpc) is 2.49. The van der Waals surface area contributed by atoms with Gasteiger partial charge in [0.2, 0.25) is 0 Å². The highest BCUT2D eigenvalue weighted by atomic mass is 15.1. The summed E-state index contributed by atoms with van der Waals surface area (Å²) in [4.78, 5) is 6.70. The van der Waals surface area contributed by atoms with Crippen molar-refractivity contribution >= 4 is 11.4 Å². The second-order valence-electron chi connectivity index (χ2n) is 4.14. The molecular formula is C16H14N2. The highest BCUT2D eigenvalue weighted by Gasteiger charge is 2.14. The van der Waals surface area contributed by atoms with Crippen LogP contribution >= 0.6 is 0 Å². The van der Waals surface area contributed by atoms with Gasteiger partial charge >= 0.3 is 0 Å². The number of para-hydroxylation sites is 1. The molecule has 0 radical (unpaired) electrons. The van der Waals surface area contributed by atoms with Crippen LogP contribution in [0.1, 0.15) is 5.69 Å². The number of nitrogens with zero attached hydrogens (tertiary/aromatic N) is 2. The summed E-state index contributed by atoms with van der Waals surface area (Å²) >= 11 is 0. The smallest absolute Gasteiger partial charge is 0.0866 e. The molecule has 3 rings (SSSR count). The van der Waals surface area contributed by atoms with Gasteiger partial charge in [-0.3, -0.25) is 4.98 Å². The van der Waals surface area contributed by atoms with E-state index >= 15 is 0 Å². The van der Waals surface area contributed by atoms with E-state index in [4.69, 9.17) is 0 Å². The Balaban J connectivity index is 2.01. The Bertz CT molecular complexity index is 571. The van der Waals surface area contributed by atoms with E-state index < -0.39 is 0 Å². The molecular weight excluding hydrogens is 220 g/mol. The zero-order valence-electron chi connectivity index (χ0n) is 10.0. The van der Waals surface area contributed by atoms with Crippen molar-refractivity contribution < 1.29 is 0 Å². The number of benzene rings is 1. The largest absolute Gasteiger partial charge is 0.336 e. The maximum Gasteiger partial charge on any atom is 0.0866 e. The normalized spacial score (nSPS) is 14.4. The fourth-order valence-corrected chi connectivity index (χ4v) is 2.10. The van der Waals surface area contributed by atoms with Crippen LogP contribution in [-0.2, 0) is 0 Å². The quantitative estimate of drug-likeness (QED) is 0.790. The lowest BCUT2D eigenvalue weighted by atomic mass is 10.1. The van der Waals surface area contributed by atoms with E-state index in [1.807, 2.05) is 30.5 Å². The average molecular weight is 234 g/mol. The molecule has 2 aromatic rings. The molecule has 0 saturated carbocycles. The van der Waals surface area contributed by atoms with Crippen LogP contribution in [0.3, 0.4) is 0 Å². The maximum atomic E-state index is 4.43. The monoisotopic (exact) mass is 234 g/mol. The second-order valence-corrected chi connectivity index (χ2v) is 4.14. The summed E-state index contributed by atoms with van der Waals surface area (Å²) in [5.74, 6) is 0. The number of aromatic nitrogens is 1. The fourth-order valence-electron chi connectivity index (χ4n) is 2.10. The van der Waals surface area contributed by atoms with E-state index in [0.29, 0.717) is 0 Å². The first-order valence-electron chi connectivity index (χ1n) is 6.06. The number of hydrogen-bond donors (Lipinski definition) is 0. The highest BCUT2D eigenvalue weighted by Crippen LogP contribution is 2.26. The van der Waals surface area contributed by atoms with Gasteiger partial charge in [0, 0.05) is 18.4 Å². The van der Waals surface area contributed by atoms with Crippen LogP contribution in [0.5, 0.6) is 0 Å². The summed E-state index contributed by atoms with van der Waals surface area (Å²) in [5.41, 5.74) is 3.34. The zero-order chi connectivity index (χ0) is 12.2. The van der Waals surface area contributed by atoms with E-state index in [0.717, 1.165) is 17.9 Å². The molecule has 1 aliphatic rings. The molecule has 0 atom stereocenters. The first-order valence-corrected chi connectivity index (χ1v) is 6.06. The Morgan fingerprint density at radius 2 is 1.78 bits per heavy atom. The molecule has 0 N–H and O–H groups in total. The molecule has 2 heterocycles. The van der Waals surface area contributed by atoms with Crippen molar-refractivity contribution in [3.05, 3.63) is 78.6 Å². The number of anilines is 1. The Labute approximate surface area is 107 Å². The summed E-state index contributed by atoms with van der Waals surface area (Å²) < 4.78 is 0. The minimum atomic E-state index is 0.881. The molecule has 0 spiro atoms. The molecule has 1 aliphatic heterocycles. The summed E-state index contributed by atoms with van der Waals surface area (Å²) in [5, 5.41) is 0. The number of pyridine rings is 1. The van der Waals surface area contributed by atoms with E-state index in [2.05, 4.69) is 52.4 Å². The Morgan fingerprint density at radius 1 is 0.944 bits per heavy atom. The predicted molar refractivity (Wildman–Crippen MR) is 75.1 cm³/mol. The van der Waals surface area contributed by atoms with Crippen LogP contribution < -0.4 is 4.90 Å². The van der Waals surface area contributed by atoms with E-state index in [1.165, 1.54) is 5.69 Å². The maximum absolute atomic E-state index is 4.43. The molecule has 88 valence electrons. The lowest BCUT2D eigenvalue weighted by Crippen LogP contribution is -2.23. The molecule has 1 aromatic heterocycles. The van der Waals surface area contributed by atoms with Crippen LogP contribution in [0.15, 0.2) is 73.0 Å². The lowest BCUT2D eigenvalue weighted by Gasteiger charge is -2.27. The van der Waals surface area contributed by atoms with Crippen molar-refractivity contribution in [3.8, 4) is 0 Å². The molecule has 1 aromatic carbocycles. The number of allylic oxidation sites excluding steroid dienone is 2. The topological polar surface area (TPSA) is 16.1 Å². The van der Waals surface area contributed by atoms with Crippen molar-refractivity contribution in [1.82, 2.24) is 4.98 Å². The van der Waals surface area contributed by atoms with Gasteiger partial charge in [-0.25, -0.2) is 0 Å². The highest BCUT2D eigenvalue weighted by molar-refractivity contribution is 5.80. The fraction of sp³-hybridized carbons (Fsp3) is 0.0625. The van der Waals surface area contributed by atoms with Gasteiger partial charge in [-0.05, 0) is 30.3 Å². The van der Waals surface area contributed by atoms with E-state index in [9.17, 15) is 0 Å². The molecule has 0 amide bonds. The number of hydrogen-bond acceptors (Lipinski definition) is 2. The Hall–Kier alpha value is -2.35. The van der Waals surface area contributed by atoms with Crippen LogP contribution in [0.4, 0.5) is 5.69 Å². The predicted octanol–water partition coefficient (Wildman–Crippen LogP) is 3.50. The van der Waals surface area contributed by atoms with Gasteiger partial charge in [0.15, 0.2) is 0 Å². The van der Waals surface area contributed by atoms with Crippen molar-refractivity contribution in [2.24, 2.45) is 0 Å². The van der Waals surface area contributed by atoms with Crippen LogP contribution in [-0.4, -0.2) is 11.5 Å². The first kappa shape index (κ1) is 10.8. The van der Waals surface area contributed by atoms with Gasteiger partial charge in [0.1, 0.15) is 0 Å². The molecule has 2 heteroatoms. The van der Waals surface area contributed by atoms with Gasteiger partial charge < -0.3 is 4.90 Å². The lowest BCUT2D eigenvalue weighted by molar-refractivity contribution is 1.07. The minimum absolute atomic E-state index is 0.881.